The van der Waals surface area contributed by atoms with Gasteiger partial charge in [0.05, 0.1) is 16.8 Å². The highest BCUT2D eigenvalue weighted by molar-refractivity contribution is 7.09. The summed E-state index contributed by atoms with van der Waals surface area (Å²) in [6.45, 7) is 6.34. The molecule has 23 heavy (non-hydrogen) atoms. The Kier molecular flexibility index (Phi) is 5.13. The fourth-order valence-electron chi connectivity index (χ4n) is 2.88. The number of aryl methyl sites for hydroxylation is 1. The van der Waals surface area contributed by atoms with Gasteiger partial charge < -0.3 is 14.6 Å². The van der Waals surface area contributed by atoms with E-state index in [1.54, 1.807) is 11.3 Å². The number of H-pyrrole nitrogens is 1. The summed E-state index contributed by atoms with van der Waals surface area (Å²) in [6, 6.07) is 1.90. The molecule has 2 aromatic rings. The Morgan fingerprint density at radius 3 is 3.17 bits per heavy atom. The van der Waals surface area contributed by atoms with E-state index in [1.807, 2.05) is 29.5 Å². The Bertz CT molecular complexity index is 664. The number of nitrogens with one attached hydrogen (secondary N) is 1. The van der Waals surface area contributed by atoms with Crippen LogP contribution in [0, 0.1) is 6.92 Å². The van der Waals surface area contributed by atoms with Gasteiger partial charge in [-0.05, 0) is 32.3 Å². The van der Waals surface area contributed by atoms with Crippen molar-refractivity contribution >= 4 is 17.2 Å². The van der Waals surface area contributed by atoms with E-state index in [0.29, 0.717) is 12.2 Å². The lowest BCUT2D eigenvalue weighted by Crippen LogP contribution is -2.43. The number of amides is 1. The summed E-state index contributed by atoms with van der Waals surface area (Å²) in [5.74, 6) is 0.0491. The fourth-order valence-corrected chi connectivity index (χ4v) is 3.50. The summed E-state index contributed by atoms with van der Waals surface area (Å²) in [7, 11) is 0. The van der Waals surface area contributed by atoms with Crippen LogP contribution in [0.3, 0.4) is 0 Å². The van der Waals surface area contributed by atoms with Crippen LogP contribution in [0.5, 0.6) is 0 Å². The van der Waals surface area contributed by atoms with Crippen molar-refractivity contribution in [3.63, 3.8) is 0 Å². The Morgan fingerprint density at radius 2 is 2.43 bits per heavy atom. The number of rotatable bonds is 5. The van der Waals surface area contributed by atoms with Gasteiger partial charge in [0.15, 0.2) is 0 Å². The lowest BCUT2D eigenvalue weighted by Gasteiger charge is -2.32. The first-order chi connectivity index (χ1) is 11.2. The molecule has 1 N–H and O–H groups in total. The molecule has 0 saturated carbocycles. The molecule has 1 aliphatic rings. The molecule has 2 aromatic heterocycles. The van der Waals surface area contributed by atoms with Crippen molar-refractivity contribution in [1.29, 1.82) is 0 Å². The molecule has 5 nitrogen and oxygen atoms in total. The Morgan fingerprint density at radius 1 is 1.57 bits per heavy atom. The van der Waals surface area contributed by atoms with Gasteiger partial charge in [0.2, 0.25) is 0 Å². The minimum atomic E-state index is 0.0491. The highest BCUT2D eigenvalue weighted by Crippen LogP contribution is 2.23. The number of nitrogens with zero attached hydrogens (tertiary/aromatic N) is 2. The van der Waals surface area contributed by atoms with E-state index in [1.165, 1.54) is 0 Å². The van der Waals surface area contributed by atoms with Gasteiger partial charge in [-0.25, -0.2) is 4.98 Å². The number of piperidine rings is 1. The molecule has 1 unspecified atom stereocenters. The Hall–Kier alpha value is -1.66. The van der Waals surface area contributed by atoms with Gasteiger partial charge in [-0.2, -0.15) is 0 Å². The van der Waals surface area contributed by atoms with Gasteiger partial charge in [0.1, 0.15) is 5.69 Å². The topological polar surface area (TPSA) is 58.2 Å². The SMILES string of the molecule is CCCOC1CCCN(C(=O)c2cc(-c3csc(C)n3)c[nH]2)C1. The van der Waals surface area contributed by atoms with E-state index in [0.717, 1.165) is 48.7 Å². The lowest BCUT2D eigenvalue weighted by molar-refractivity contribution is 0.00194. The molecule has 1 atom stereocenters. The highest BCUT2D eigenvalue weighted by atomic mass is 32.1. The van der Waals surface area contributed by atoms with Crippen molar-refractivity contribution in [2.75, 3.05) is 19.7 Å². The van der Waals surface area contributed by atoms with E-state index in [9.17, 15) is 4.79 Å². The highest BCUT2D eigenvalue weighted by Gasteiger charge is 2.25. The van der Waals surface area contributed by atoms with E-state index >= 15 is 0 Å². The number of ether oxygens (including phenoxy) is 1. The zero-order valence-corrected chi connectivity index (χ0v) is 14.5. The molecule has 0 aromatic carbocycles. The van der Waals surface area contributed by atoms with E-state index in [-0.39, 0.29) is 12.0 Å². The number of carbonyl (C=O) groups is 1. The fraction of sp³-hybridized carbons (Fsp3) is 0.529. The first-order valence-electron chi connectivity index (χ1n) is 8.19. The zero-order valence-electron chi connectivity index (χ0n) is 13.7. The predicted molar refractivity (Wildman–Crippen MR) is 91.8 cm³/mol. The molecular weight excluding hydrogens is 310 g/mol. The van der Waals surface area contributed by atoms with Crippen molar-refractivity contribution in [2.24, 2.45) is 0 Å². The number of thiazole rings is 1. The maximum absolute atomic E-state index is 12.7. The quantitative estimate of drug-likeness (QED) is 0.911. The Balaban J connectivity index is 1.67. The molecule has 124 valence electrons. The van der Waals surface area contributed by atoms with Crippen LogP contribution < -0.4 is 0 Å². The zero-order chi connectivity index (χ0) is 16.2. The molecule has 0 spiro atoms. The van der Waals surface area contributed by atoms with Crippen LogP contribution in [-0.2, 0) is 4.74 Å². The number of carbonyl (C=O) groups excluding carboxylic acids is 1. The third kappa shape index (κ3) is 3.82. The predicted octanol–water partition coefficient (Wildman–Crippen LogP) is 3.48. The summed E-state index contributed by atoms with van der Waals surface area (Å²) in [5.41, 5.74) is 2.51. The smallest absolute Gasteiger partial charge is 0.270 e. The molecule has 1 amide bonds. The standard InChI is InChI=1S/C17H23N3O2S/c1-3-7-22-14-5-4-6-20(10-14)17(21)15-8-13(9-18-15)16-11-23-12(2)19-16/h8-9,11,14,18H,3-7,10H2,1-2H3. The van der Waals surface area contributed by atoms with Crippen molar-refractivity contribution in [2.45, 2.75) is 39.2 Å². The van der Waals surface area contributed by atoms with E-state index < -0.39 is 0 Å². The Labute approximate surface area is 140 Å². The summed E-state index contributed by atoms with van der Waals surface area (Å²) in [5, 5.41) is 3.04. The minimum Gasteiger partial charge on any atom is -0.376 e. The largest absolute Gasteiger partial charge is 0.376 e. The van der Waals surface area contributed by atoms with Gasteiger partial charge in [0.25, 0.3) is 5.91 Å². The maximum Gasteiger partial charge on any atom is 0.270 e. The second kappa shape index (κ2) is 7.27. The average molecular weight is 333 g/mol. The van der Waals surface area contributed by atoms with Crippen LogP contribution in [0.4, 0.5) is 0 Å². The molecule has 0 bridgehead atoms. The molecular formula is C17H23N3O2S. The first kappa shape index (κ1) is 16.2. The van der Waals surface area contributed by atoms with Crippen LogP contribution in [0.15, 0.2) is 17.6 Å². The number of aromatic amines is 1. The molecule has 0 aliphatic carbocycles. The monoisotopic (exact) mass is 333 g/mol. The maximum atomic E-state index is 12.7. The lowest BCUT2D eigenvalue weighted by atomic mass is 10.1. The molecule has 3 rings (SSSR count). The van der Waals surface area contributed by atoms with Crippen molar-refractivity contribution in [3.8, 4) is 11.3 Å². The summed E-state index contributed by atoms with van der Waals surface area (Å²) >= 11 is 1.62. The van der Waals surface area contributed by atoms with Crippen molar-refractivity contribution in [3.05, 3.63) is 28.3 Å². The number of hydrogen-bond donors (Lipinski definition) is 1. The molecule has 1 aliphatic heterocycles. The third-order valence-electron chi connectivity index (χ3n) is 4.05. The van der Waals surface area contributed by atoms with Crippen LogP contribution in [0.25, 0.3) is 11.3 Å². The molecule has 0 radical (unpaired) electrons. The molecule has 1 fully saturated rings. The first-order valence-corrected chi connectivity index (χ1v) is 9.07. The van der Waals surface area contributed by atoms with Gasteiger partial charge >= 0.3 is 0 Å². The number of hydrogen-bond acceptors (Lipinski definition) is 4. The van der Waals surface area contributed by atoms with Gasteiger partial charge in [0, 0.05) is 36.8 Å². The second-order valence-electron chi connectivity index (χ2n) is 5.94. The molecule has 6 heteroatoms. The summed E-state index contributed by atoms with van der Waals surface area (Å²) < 4.78 is 5.81. The van der Waals surface area contributed by atoms with Gasteiger partial charge in [-0.3, -0.25) is 4.79 Å². The normalized spacial score (nSPS) is 18.3. The van der Waals surface area contributed by atoms with Crippen LogP contribution in [0.1, 0.15) is 41.7 Å². The van der Waals surface area contributed by atoms with E-state index in [2.05, 4.69) is 16.9 Å². The number of likely N-dealkylation sites (tertiary alicyclic amines) is 1. The van der Waals surface area contributed by atoms with Crippen LogP contribution in [0.2, 0.25) is 0 Å². The van der Waals surface area contributed by atoms with E-state index in [4.69, 9.17) is 4.74 Å². The van der Waals surface area contributed by atoms with Crippen molar-refractivity contribution in [1.82, 2.24) is 14.9 Å². The second-order valence-corrected chi connectivity index (χ2v) is 7.00. The third-order valence-corrected chi connectivity index (χ3v) is 4.82. The number of aromatic nitrogens is 2. The van der Waals surface area contributed by atoms with Gasteiger partial charge in [-0.1, -0.05) is 6.92 Å². The minimum absolute atomic E-state index is 0.0491. The summed E-state index contributed by atoms with van der Waals surface area (Å²) in [4.78, 5) is 22.2. The molecule has 3 heterocycles. The van der Waals surface area contributed by atoms with Gasteiger partial charge in [-0.15, -0.1) is 11.3 Å². The van der Waals surface area contributed by atoms with Crippen LogP contribution in [-0.4, -0.2) is 46.6 Å². The average Bonchev–Trinajstić information content (AvgIpc) is 3.21. The molecule has 1 saturated heterocycles. The summed E-state index contributed by atoms with van der Waals surface area (Å²) in [6.07, 6.45) is 5.08. The van der Waals surface area contributed by atoms with Crippen LogP contribution >= 0.6 is 11.3 Å². The van der Waals surface area contributed by atoms with Crippen molar-refractivity contribution < 1.29 is 9.53 Å².